The lowest BCUT2D eigenvalue weighted by atomic mass is 10.0. The van der Waals surface area contributed by atoms with Crippen molar-refractivity contribution in [2.24, 2.45) is 5.73 Å². The number of hydrogen-bond acceptors (Lipinski definition) is 8. The van der Waals surface area contributed by atoms with Crippen molar-refractivity contribution in [3.8, 4) is 0 Å². The molecule has 0 saturated carbocycles. The van der Waals surface area contributed by atoms with Crippen molar-refractivity contribution in [2.75, 3.05) is 26.4 Å². The number of rotatable bonds is 56. The van der Waals surface area contributed by atoms with Crippen LogP contribution < -0.4 is 5.73 Å². The van der Waals surface area contributed by atoms with E-state index in [1.807, 2.05) is 0 Å². The van der Waals surface area contributed by atoms with Gasteiger partial charge in [0.15, 0.2) is 0 Å². The van der Waals surface area contributed by atoms with Gasteiger partial charge in [-0.2, -0.15) is 0 Å². The van der Waals surface area contributed by atoms with E-state index in [0.717, 1.165) is 38.5 Å². The van der Waals surface area contributed by atoms with Gasteiger partial charge in [0.25, 0.3) is 0 Å². The molecule has 1 unspecified atom stereocenters. The molecule has 394 valence electrons. The first-order valence-corrected chi connectivity index (χ1v) is 30.1. The highest BCUT2D eigenvalue weighted by atomic mass is 31.2. The van der Waals surface area contributed by atoms with Gasteiger partial charge in [-0.1, -0.05) is 284 Å². The third kappa shape index (κ3) is 50.8. The third-order valence-electron chi connectivity index (χ3n) is 13.1. The lowest BCUT2D eigenvalue weighted by Crippen LogP contribution is -2.34. The van der Waals surface area contributed by atoms with Gasteiger partial charge in [-0.3, -0.25) is 18.6 Å². The first-order valence-electron chi connectivity index (χ1n) is 28.6. The number of carboxylic acids is 1. The van der Waals surface area contributed by atoms with E-state index in [9.17, 15) is 19.0 Å². The average Bonchev–Trinajstić information content (AvgIpc) is 3.30. The van der Waals surface area contributed by atoms with Gasteiger partial charge < -0.3 is 25.2 Å². The summed E-state index contributed by atoms with van der Waals surface area (Å²) in [5.74, 6) is -1.76. The zero-order chi connectivity index (χ0) is 48.3. The van der Waals surface area contributed by atoms with Crippen LogP contribution >= 0.6 is 7.82 Å². The Labute approximate surface area is 408 Å². The van der Waals surface area contributed by atoms with Crippen molar-refractivity contribution in [3.63, 3.8) is 0 Å². The summed E-state index contributed by atoms with van der Waals surface area (Å²) >= 11 is 0. The minimum Gasteiger partial charge on any atom is -0.480 e. The summed E-state index contributed by atoms with van der Waals surface area (Å²) in [4.78, 5) is 33.8. The Bertz CT molecular complexity index is 1070. The number of aliphatic carboxylic acids is 1. The van der Waals surface area contributed by atoms with Gasteiger partial charge in [-0.15, -0.1) is 0 Å². The van der Waals surface area contributed by atoms with E-state index >= 15 is 0 Å². The molecule has 10 nitrogen and oxygen atoms in total. The summed E-state index contributed by atoms with van der Waals surface area (Å²) in [6, 6.07) is -1.47. The molecule has 0 amide bonds. The molecule has 0 heterocycles. The third-order valence-corrected chi connectivity index (χ3v) is 14.1. The molecular weight excluding hydrogens is 850 g/mol. The maximum Gasteiger partial charge on any atom is 0.472 e. The highest BCUT2D eigenvalue weighted by Crippen LogP contribution is 2.43. The lowest BCUT2D eigenvalue weighted by Gasteiger charge is -2.20. The van der Waals surface area contributed by atoms with Crippen LogP contribution in [-0.2, 0) is 32.7 Å². The molecular formula is C55H110NO9P. The standard InChI is InChI=1S/C55H110NO9P/c1-3-5-7-9-11-13-15-17-19-21-23-25-26-27-28-29-31-33-35-37-39-41-43-45-47-54(57)65-52(50-63-66(60,61)64-51-53(56)55(58)59)49-62-48-46-44-42-40-38-36-34-32-30-24-22-20-18-16-14-12-10-8-6-4-2/h52-53H,3-51,56H2,1-2H3,(H,58,59)(H,60,61)/t52-,53+/m1/s1. The largest absolute Gasteiger partial charge is 0.480 e. The number of carbonyl (C=O) groups is 2. The van der Waals surface area contributed by atoms with Crippen LogP contribution in [0.15, 0.2) is 0 Å². The molecule has 0 fully saturated rings. The van der Waals surface area contributed by atoms with Gasteiger partial charge in [0, 0.05) is 13.0 Å². The smallest absolute Gasteiger partial charge is 0.472 e. The van der Waals surface area contributed by atoms with Gasteiger partial charge in [0.1, 0.15) is 12.1 Å². The zero-order valence-electron chi connectivity index (χ0n) is 43.6. The normalized spacial score (nSPS) is 13.5. The summed E-state index contributed by atoms with van der Waals surface area (Å²) in [5.41, 5.74) is 5.39. The Morgan fingerprint density at radius 2 is 0.697 bits per heavy atom. The molecule has 66 heavy (non-hydrogen) atoms. The Balaban J connectivity index is 4.01. The average molecular weight is 960 g/mol. The van der Waals surface area contributed by atoms with Crippen molar-refractivity contribution in [3.05, 3.63) is 0 Å². The van der Waals surface area contributed by atoms with E-state index in [1.54, 1.807) is 0 Å². The number of unbranched alkanes of at least 4 members (excludes halogenated alkanes) is 42. The number of phosphoric acid groups is 1. The van der Waals surface area contributed by atoms with E-state index in [1.165, 1.54) is 244 Å². The number of carbonyl (C=O) groups excluding carboxylic acids is 1. The minimum absolute atomic E-state index is 0.0267. The number of hydrogen-bond donors (Lipinski definition) is 3. The van der Waals surface area contributed by atoms with Gasteiger partial charge in [0.05, 0.1) is 19.8 Å². The quantitative estimate of drug-likeness (QED) is 0.0305. The molecule has 0 aromatic carbocycles. The number of esters is 1. The number of nitrogens with two attached hydrogens (primary N) is 1. The van der Waals surface area contributed by atoms with Gasteiger partial charge in [-0.25, -0.2) is 4.57 Å². The van der Waals surface area contributed by atoms with Crippen LogP contribution in [-0.4, -0.2) is 60.5 Å². The Morgan fingerprint density at radius 1 is 0.424 bits per heavy atom. The summed E-state index contributed by atoms with van der Waals surface area (Å²) in [5, 5.41) is 8.95. The van der Waals surface area contributed by atoms with Gasteiger partial charge >= 0.3 is 19.8 Å². The van der Waals surface area contributed by atoms with Crippen LogP contribution in [0.1, 0.15) is 303 Å². The van der Waals surface area contributed by atoms with Gasteiger partial charge in [-0.05, 0) is 12.8 Å². The fourth-order valence-corrected chi connectivity index (χ4v) is 9.51. The molecule has 0 bridgehead atoms. The van der Waals surface area contributed by atoms with E-state index in [0.29, 0.717) is 6.61 Å². The number of phosphoric ester groups is 1. The Kier molecular flexibility index (Phi) is 51.0. The monoisotopic (exact) mass is 960 g/mol. The second kappa shape index (κ2) is 51.8. The second-order valence-corrected chi connectivity index (χ2v) is 21.2. The molecule has 0 aliphatic rings. The number of carboxylic acid groups (broad SMARTS) is 1. The second-order valence-electron chi connectivity index (χ2n) is 19.8. The molecule has 0 saturated heterocycles. The molecule has 0 aromatic rings. The topological polar surface area (TPSA) is 155 Å². The van der Waals surface area contributed by atoms with Crippen LogP contribution in [0, 0.1) is 0 Å². The SMILES string of the molecule is CCCCCCCCCCCCCCCCCCCCCCCCCCC(=O)O[C@H](COCCCCCCCCCCCCCCCCCCCCCC)COP(=O)(O)OC[C@H](N)C(=O)O. The Hall–Kier alpha value is -1.03. The summed E-state index contributed by atoms with van der Waals surface area (Å²) in [6.07, 6.45) is 57.5. The molecule has 11 heteroatoms. The predicted octanol–water partition coefficient (Wildman–Crippen LogP) is 17.1. The van der Waals surface area contributed by atoms with Crippen molar-refractivity contribution >= 4 is 19.8 Å². The first kappa shape index (κ1) is 65.0. The first-order chi connectivity index (χ1) is 32.2. The number of ether oxygens (including phenoxy) is 2. The van der Waals surface area contributed by atoms with E-state index < -0.39 is 45.1 Å². The van der Waals surface area contributed by atoms with Crippen LogP contribution in [0.25, 0.3) is 0 Å². The molecule has 0 aromatic heterocycles. The van der Waals surface area contributed by atoms with Crippen molar-refractivity contribution in [1.82, 2.24) is 0 Å². The van der Waals surface area contributed by atoms with Crippen molar-refractivity contribution in [2.45, 2.75) is 315 Å². The maximum absolute atomic E-state index is 12.7. The zero-order valence-corrected chi connectivity index (χ0v) is 44.5. The van der Waals surface area contributed by atoms with Crippen molar-refractivity contribution < 1.29 is 42.7 Å². The lowest BCUT2D eigenvalue weighted by molar-refractivity contribution is -0.154. The minimum atomic E-state index is -4.62. The molecule has 0 radical (unpaired) electrons. The van der Waals surface area contributed by atoms with Crippen LogP contribution in [0.4, 0.5) is 0 Å². The summed E-state index contributed by atoms with van der Waals surface area (Å²) in [7, 11) is -4.62. The van der Waals surface area contributed by atoms with E-state index in [-0.39, 0.29) is 13.0 Å². The predicted molar refractivity (Wildman–Crippen MR) is 277 cm³/mol. The molecule has 0 aliphatic heterocycles. The van der Waals surface area contributed by atoms with Crippen LogP contribution in [0.5, 0.6) is 0 Å². The van der Waals surface area contributed by atoms with Crippen LogP contribution in [0.2, 0.25) is 0 Å². The fraction of sp³-hybridized carbons (Fsp3) is 0.964. The fourth-order valence-electron chi connectivity index (χ4n) is 8.73. The Morgan fingerprint density at radius 3 is 1.00 bits per heavy atom. The highest BCUT2D eigenvalue weighted by molar-refractivity contribution is 7.47. The maximum atomic E-state index is 12.7. The van der Waals surface area contributed by atoms with Gasteiger partial charge in [0.2, 0.25) is 0 Å². The summed E-state index contributed by atoms with van der Waals surface area (Å²) in [6.45, 7) is 3.98. The molecule has 4 N–H and O–H groups in total. The molecule has 0 spiro atoms. The van der Waals surface area contributed by atoms with E-state index in [4.69, 9.17) is 29.4 Å². The molecule has 0 aliphatic carbocycles. The molecule has 0 rings (SSSR count). The van der Waals surface area contributed by atoms with Crippen LogP contribution in [0.3, 0.4) is 0 Å². The summed E-state index contributed by atoms with van der Waals surface area (Å²) < 4.78 is 33.6. The van der Waals surface area contributed by atoms with E-state index in [2.05, 4.69) is 13.8 Å². The highest BCUT2D eigenvalue weighted by Gasteiger charge is 2.27. The molecule has 3 atom stereocenters. The van der Waals surface area contributed by atoms with Crippen molar-refractivity contribution in [1.29, 1.82) is 0 Å².